The molecule has 1 N–H and O–H groups in total. The molecule has 0 saturated carbocycles. The minimum Gasteiger partial charge on any atom is -0.497 e. The fourth-order valence-electron chi connectivity index (χ4n) is 2.57. The van der Waals surface area contributed by atoms with Crippen LogP contribution in [0.15, 0.2) is 53.9 Å². The Bertz CT molecular complexity index is 923. The van der Waals surface area contributed by atoms with E-state index in [2.05, 4.69) is 10.3 Å². The molecule has 1 atom stereocenters. The number of anilines is 1. The zero-order valence-electron chi connectivity index (χ0n) is 14.0. The summed E-state index contributed by atoms with van der Waals surface area (Å²) in [5.74, 6) is 1.90. The Morgan fingerprint density at radius 2 is 1.96 bits per heavy atom. The second-order valence-electron chi connectivity index (χ2n) is 5.62. The van der Waals surface area contributed by atoms with Crippen LogP contribution in [0.2, 0.25) is 0 Å². The van der Waals surface area contributed by atoms with Gasteiger partial charge in [-0.15, -0.1) is 11.3 Å². The molecule has 6 nitrogen and oxygen atoms in total. The van der Waals surface area contributed by atoms with Crippen molar-refractivity contribution in [1.82, 2.24) is 4.98 Å². The number of ether oxygens (including phenoxy) is 3. The number of carbonyl (C=O) groups excluding carboxylic acids is 1. The number of carbonyl (C=O) groups is 1. The third kappa shape index (κ3) is 3.34. The van der Waals surface area contributed by atoms with Crippen molar-refractivity contribution in [2.75, 3.05) is 19.0 Å². The molecule has 1 aliphatic rings. The second kappa shape index (κ2) is 7.05. The zero-order valence-corrected chi connectivity index (χ0v) is 14.8. The van der Waals surface area contributed by atoms with E-state index in [-0.39, 0.29) is 12.0 Å². The van der Waals surface area contributed by atoms with Crippen LogP contribution >= 0.6 is 11.3 Å². The number of hydrogen-bond donors (Lipinski definition) is 1. The zero-order chi connectivity index (χ0) is 17.9. The maximum Gasteiger partial charge on any atom is 0.257 e. The number of para-hydroxylation sites is 2. The quantitative estimate of drug-likeness (QED) is 0.756. The van der Waals surface area contributed by atoms with E-state index in [9.17, 15) is 4.79 Å². The molecule has 2 aromatic carbocycles. The molecule has 0 bridgehead atoms. The third-order valence-electron chi connectivity index (χ3n) is 3.93. The third-order valence-corrected chi connectivity index (χ3v) is 4.71. The van der Waals surface area contributed by atoms with Gasteiger partial charge in [-0.2, -0.15) is 0 Å². The highest BCUT2D eigenvalue weighted by atomic mass is 32.1. The van der Waals surface area contributed by atoms with Crippen LogP contribution in [0.5, 0.6) is 17.2 Å². The number of nitrogens with zero attached hydrogens (tertiary/aromatic N) is 1. The lowest BCUT2D eigenvalue weighted by atomic mass is 10.2. The van der Waals surface area contributed by atoms with Gasteiger partial charge in [0, 0.05) is 10.9 Å². The second-order valence-corrected chi connectivity index (χ2v) is 6.48. The molecule has 0 spiro atoms. The molecule has 0 aliphatic carbocycles. The van der Waals surface area contributed by atoms with Gasteiger partial charge in [0.15, 0.2) is 22.7 Å². The highest BCUT2D eigenvalue weighted by Gasteiger charge is 2.24. The summed E-state index contributed by atoms with van der Waals surface area (Å²) < 4.78 is 16.7. The lowest BCUT2D eigenvalue weighted by Crippen LogP contribution is -2.22. The van der Waals surface area contributed by atoms with Gasteiger partial charge in [-0.3, -0.25) is 10.1 Å². The summed E-state index contributed by atoms with van der Waals surface area (Å²) in [6.07, 6.45) is -0.298. The van der Waals surface area contributed by atoms with Gasteiger partial charge in [0.05, 0.1) is 12.8 Å². The number of thiazole rings is 1. The largest absolute Gasteiger partial charge is 0.497 e. The van der Waals surface area contributed by atoms with Gasteiger partial charge in [0.1, 0.15) is 12.4 Å². The summed E-state index contributed by atoms with van der Waals surface area (Å²) in [6.45, 7) is 0.382. The smallest absolute Gasteiger partial charge is 0.257 e. The minimum absolute atomic E-state index is 0.222. The normalized spacial score (nSPS) is 15.3. The van der Waals surface area contributed by atoms with E-state index >= 15 is 0 Å². The van der Waals surface area contributed by atoms with Crippen LogP contribution in [-0.4, -0.2) is 24.6 Å². The molecule has 26 heavy (non-hydrogen) atoms. The maximum absolute atomic E-state index is 12.3. The Hall–Kier alpha value is -3.06. The van der Waals surface area contributed by atoms with Crippen molar-refractivity contribution in [3.8, 4) is 17.2 Å². The first-order valence-corrected chi connectivity index (χ1v) is 8.90. The number of hydrogen-bond acceptors (Lipinski definition) is 6. The molecule has 132 valence electrons. The van der Waals surface area contributed by atoms with E-state index in [1.54, 1.807) is 31.4 Å². The van der Waals surface area contributed by atoms with Crippen LogP contribution in [0.3, 0.4) is 0 Å². The van der Waals surface area contributed by atoms with E-state index in [0.29, 0.717) is 28.8 Å². The number of benzene rings is 2. The van der Waals surface area contributed by atoms with Crippen molar-refractivity contribution in [3.05, 3.63) is 65.2 Å². The summed E-state index contributed by atoms with van der Waals surface area (Å²) in [7, 11) is 1.58. The van der Waals surface area contributed by atoms with Gasteiger partial charge in [0.25, 0.3) is 5.91 Å². The predicted molar refractivity (Wildman–Crippen MR) is 98.4 cm³/mol. The number of nitrogens with one attached hydrogen (secondary N) is 1. The highest BCUT2D eigenvalue weighted by molar-refractivity contribution is 7.14. The Balaban J connectivity index is 1.44. The first-order chi connectivity index (χ1) is 12.7. The molecule has 4 rings (SSSR count). The lowest BCUT2D eigenvalue weighted by Gasteiger charge is -2.25. The van der Waals surface area contributed by atoms with Crippen molar-refractivity contribution in [1.29, 1.82) is 0 Å². The van der Waals surface area contributed by atoms with Gasteiger partial charge < -0.3 is 14.2 Å². The van der Waals surface area contributed by atoms with E-state index < -0.39 is 0 Å². The Kier molecular flexibility index (Phi) is 4.45. The van der Waals surface area contributed by atoms with E-state index in [4.69, 9.17) is 14.2 Å². The number of amides is 1. The topological polar surface area (TPSA) is 69.7 Å². The van der Waals surface area contributed by atoms with Gasteiger partial charge in [-0.1, -0.05) is 12.1 Å². The van der Waals surface area contributed by atoms with Gasteiger partial charge in [-0.25, -0.2) is 4.98 Å². The summed E-state index contributed by atoms with van der Waals surface area (Å²) in [5.41, 5.74) is 1.27. The van der Waals surface area contributed by atoms with Crippen LogP contribution < -0.4 is 19.5 Å². The van der Waals surface area contributed by atoms with Crippen molar-refractivity contribution < 1.29 is 19.0 Å². The Morgan fingerprint density at radius 3 is 2.73 bits per heavy atom. The van der Waals surface area contributed by atoms with Crippen LogP contribution in [0.1, 0.15) is 22.2 Å². The molecule has 0 saturated heterocycles. The number of rotatable bonds is 4. The lowest BCUT2D eigenvalue weighted by molar-refractivity contribution is 0.0888. The molecule has 1 amide bonds. The first kappa shape index (κ1) is 16.4. The number of methoxy groups -OCH3 is 1. The predicted octanol–water partition coefficient (Wildman–Crippen LogP) is 3.92. The molecule has 0 unspecified atom stereocenters. The van der Waals surface area contributed by atoms with Crippen molar-refractivity contribution in [2.24, 2.45) is 0 Å². The van der Waals surface area contributed by atoms with Crippen LogP contribution in [0.25, 0.3) is 0 Å². The molecular weight excluding hydrogens is 352 g/mol. The summed E-state index contributed by atoms with van der Waals surface area (Å²) >= 11 is 1.35. The summed E-state index contributed by atoms with van der Waals surface area (Å²) in [4.78, 5) is 16.8. The fourth-order valence-corrected chi connectivity index (χ4v) is 3.32. The summed E-state index contributed by atoms with van der Waals surface area (Å²) in [5, 5.41) is 5.19. The van der Waals surface area contributed by atoms with Crippen molar-refractivity contribution >= 4 is 22.4 Å². The van der Waals surface area contributed by atoms with E-state index in [1.807, 2.05) is 29.6 Å². The van der Waals surface area contributed by atoms with Gasteiger partial charge >= 0.3 is 0 Å². The number of fused-ring (bicyclic) bond motifs is 1. The van der Waals surface area contributed by atoms with Crippen LogP contribution in [0.4, 0.5) is 5.13 Å². The maximum atomic E-state index is 12.3. The number of aromatic nitrogens is 1. The molecule has 1 aromatic heterocycles. The first-order valence-electron chi connectivity index (χ1n) is 8.02. The molecule has 7 heteroatoms. The molecule has 3 aromatic rings. The monoisotopic (exact) mass is 368 g/mol. The van der Waals surface area contributed by atoms with Crippen molar-refractivity contribution in [2.45, 2.75) is 6.10 Å². The minimum atomic E-state index is -0.298. The van der Waals surface area contributed by atoms with Crippen molar-refractivity contribution in [3.63, 3.8) is 0 Å². The molecule has 0 fully saturated rings. The molecular formula is C19H16N2O4S. The standard InChI is InChI=1S/C19H16N2O4S/c1-23-13-8-6-12(7-9-13)18(22)21-19-20-14(11-26-19)17-10-24-15-4-2-3-5-16(15)25-17/h2-9,11,17H,10H2,1H3,(H,20,21,22)/t17-/m0/s1. The highest BCUT2D eigenvalue weighted by Crippen LogP contribution is 2.36. The Labute approximate surface area is 154 Å². The average molecular weight is 368 g/mol. The Morgan fingerprint density at radius 1 is 1.19 bits per heavy atom. The van der Waals surface area contributed by atoms with Crippen LogP contribution in [0, 0.1) is 0 Å². The molecule has 0 radical (unpaired) electrons. The van der Waals surface area contributed by atoms with Gasteiger partial charge in [-0.05, 0) is 36.4 Å². The van der Waals surface area contributed by atoms with E-state index in [0.717, 1.165) is 11.4 Å². The molecule has 2 heterocycles. The fraction of sp³-hybridized carbons (Fsp3) is 0.158. The van der Waals surface area contributed by atoms with Gasteiger partial charge in [0.2, 0.25) is 0 Å². The van der Waals surface area contributed by atoms with E-state index in [1.165, 1.54) is 11.3 Å². The summed E-state index contributed by atoms with van der Waals surface area (Å²) in [6, 6.07) is 14.4. The molecule has 1 aliphatic heterocycles. The van der Waals surface area contributed by atoms with Crippen LogP contribution in [-0.2, 0) is 0 Å². The average Bonchev–Trinajstić information content (AvgIpc) is 3.16. The SMILES string of the molecule is COc1ccc(C(=O)Nc2nc([C@@H]3COc4ccccc4O3)cs2)cc1.